The number of aromatic amines is 2. The third kappa shape index (κ3) is 3.56. The summed E-state index contributed by atoms with van der Waals surface area (Å²) in [5, 5.41) is 0.934. The van der Waals surface area contributed by atoms with Crippen LogP contribution in [0.25, 0.3) is 22.0 Å². The maximum absolute atomic E-state index is 12.2. The summed E-state index contributed by atoms with van der Waals surface area (Å²) in [6.45, 7) is 2.39. The van der Waals surface area contributed by atoms with Crippen molar-refractivity contribution in [1.29, 1.82) is 0 Å². The average molecular weight is 421 g/mol. The van der Waals surface area contributed by atoms with Gasteiger partial charge in [0, 0.05) is 34.7 Å². The molecule has 6 nitrogen and oxygen atoms in total. The maximum Gasteiger partial charge on any atom is 0.272 e. The molecule has 0 saturated heterocycles. The van der Waals surface area contributed by atoms with E-state index in [1.54, 1.807) is 18.2 Å². The first-order chi connectivity index (χ1) is 13.3. The molecule has 0 atom stereocenters. The summed E-state index contributed by atoms with van der Waals surface area (Å²) in [6.07, 6.45) is 6.06. The van der Waals surface area contributed by atoms with Crippen LogP contribution in [0.3, 0.4) is 0 Å². The van der Waals surface area contributed by atoms with Gasteiger partial charge < -0.3 is 14.7 Å². The lowest BCUT2D eigenvalue weighted by Crippen LogP contribution is -2.05. The van der Waals surface area contributed by atoms with Crippen LogP contribution < -0.4 is 10.3 Å². The molecule has 2 aromatic heterocycles. The molecule has 1 aliphatic carbocycles. The first-order valence-corrected chi connectivity index (χ1v) is 11.4. The van der Waals surface area contributed by atoms with Crippen LogP contribution >= 0.6 is 11.6 Å². The third-order valence-electron chi connectivity index (χ3n) is 5.11. The molecule has 0 amide bonds. The average Bonchev–Trinajstić information content (AvgIpc) is 3.38. The van der Waals surface area contributed by atoms with Crippen molar-refractivity contribution in [2.45, 2.75) is 31.1 Å². The van der Waals surface area contributed by atoms with Crippen molar-refractivity contribution in [2.24, 2.45) is 5.92 Å². The van der Waals surface area contributed by atoms with E-state index in [0.717, 1.165) is 12.3 Å². The van der Waals surface area contributed by atoms with Crippen molar-refractivity contribution in [3.8, 4) is 16.9 Å². The number of aryl methyl sites for hydroxylation is 1. The lowest BCUT2D eigenvalue weighted by molar-refractivity contribution is 0.303. The highest BCUT2D eigenvalue weighted by molar-refractivity contribution is 7.90. The first-order valence-electron chi connectivity index (χ1n) is 9.12. The van der Waals surface area contributed by atoms with Gasteiger partial charge in [0.1, 0.15) is 11.3 Å². The van der Waals surface area contributed by atoms with Gasteiger partial charge in [-0.1, -0.05) is 24.4 Å². The van der Waals surface area contributed by atoms with E-state index >= 15 is 0 Å². The fraction of sp³-hybridized carbons (Fsp3) is 0.350. The Hall–Kier alpha value is -2.25. The maximum atomic E-state index is 12.2. The minimum absolute atomic E-state index is 0.187. The second-order valence-corrected chi connectivity index (χ2v) is 9.77. The fourth-order valence-corrected chi connectivity index (χ4v) is 4.34. The standard InChI is InChI=1S/C20H21ClN2O4S/c1-11-17(18-15(21)10-22-20(24)19(18)23-11)14-9-13(28(2,25)26)5-6-16(14)27-8-7-12-3-4-12/h5-6,9-10,12,23H,3-4,7-8H2,1-2H3,(H,22,24). The zero-order chi connectivity index (χ0) is 20.1. The molecule has 1 aromatic carbocycles. The van der Waals surface area contributed by atoms with Crippen molar-refractivity contribution in [1.82, 2.24) is 9.97 Å². The summed E-state index contributed by atoms with van der Waals surface area (Å²) in [5.74, 6) is 1.30. The Balaban J connectivity index is 1.91. The SMILES string of the molecule is Cc1[nH]c2c(=O)[nH]cc(Cl)c2c1-c1cc(S(C)(=O)=O)ccc1OCCC1CC1. The monoisotopic (exact) mass is 420 g/mol. The highest BCUT2D eigenvalue weighted by atomic mass is 35.5. The Kier molecular flexibility index (Phi) is 4.75. The van der Waals surface area contributed by atoms with E-state index < -0.39 is 9.84 Å². The van der Waals surface area contributed by atoms with Gasteiger partial charge in [0.2, 0.25) is 0 Å². The molecule has 148 valence electrons. The summed E-state index contributed by atoms with van der Waals surface area (Å²) < 4.78 is 30.3. The molecule has 0 unspecified atom stereocenters. The van der Waals surface area contributed by atoms with Gasteiger partial charge in [0.05, 0.1) is 16.5 Å². The van der Waals surface area contributed by atoms with E-state index in [0.29, 0.717) is 45.1 Å². The number of benzene rings is 1. The normalized spacial score (nSPS) is 14.5. The number of sulfone groups is 1. The molecule has 8 heteroatoms. The van der Waals surface area contributed by atoms with Gasteiger partial charge >= 0.3 is 0 Å². The second kappa shape index (κ2) is 6.97. The Labute approximate surface area is 167 Å². The number of pyridine rings is 1. The molecule has 1 saturated carbocycles. The highest BCUT2D eigenvalue weighted by Crippen LogP contribution is 2.41. The van der Waals surface area contributed by atoms with Crippen LogP contribution in [0.1, 0.15) is 25.0 Å². The number of rotatable bonds is 6. The number of hydrogen-bond donors (Lipinski definition) is 2. The van der Waals surface area contributed by atoms with E-state index in [4.69, 9.17) is 16.3 Å². The number of ether oxygens (including phenoxy) is 1. The van der Waals surface area contributed by atoms with Crippen molar-refractivity contribution in [3.05, 3.63) is 45.5 Å². The van der Waals surface area contributed by atoms with E-state index in [9.17, 15) is 13.2 Å². The minimum atomic E-state index is -3.41. The van der Waals surface area contributed by atoms with Crippen LogP contribution in [0.15, 0.2) is 34.1 Å². The van der Waals surface area contributed by atoms with Crippen molar-refractivity contribution in [3.63, 3.8) is 0 Å². The van der Waals surface area contributed by atoms with Gasteiger partial charge in [-0.15, -0.1) is 0 Å². The summed E-state index contributed by atoms with van der Waals surface area (Å²) in [5.41, 5.74) is 2.07. The molecule has 0 radical (unpaired) electrons. The molecule has 0 aliphatic heterocycles. The summed E-state index contributed by atoms with van der Waals surface area (Å²) >= 11 is 6.38. The van der Waals surface area contributed by atoms with E-state index in [2.05, 4.69) is 9.97 Å². The molecule has 0 spiro atoms. The molecule has 1 aliphatic rings. The molecule has 2 N–H and O–H groups in total. The van der Waals surface area contributed by atoms with E-state index in [1.807, 2.05) is 6.92 Å². The number of halogens is 1. The largest absolute Gasteiger partial charge is 0.493 e. The summed E-state index contributed by atoms with van der Waals surface area (Å²) in [4.78, 5) is 18.1. The number of hydrogen-bond acceptors (Lipinski definition) is 4. The van der Waals surface area contributed by atoms with Crippen LogP contribution in [-0.4, -0.2) is 31.2 Å². The van der Waals surface area contributed by atoms with Gasteiger partial charge in [-0.3, -0.25) is 4.79 Å². The van der Waals surface area contributed by atoms with Gasteiger partial charge in [-0.25, -0.2) is 8.42 Å². The van der Waals surface area contributed by atoms with Gasteiger partial charge in [0.25, 0.3) is 5.56 Å². The van der Waals surface area contributed by atoms with Crippen LogP contribution in [-0.2, 0) is 9.84 Å². The Bertz CT molecular complexity index is 1220. The Morgan fingerprint density at radius 2 is 2.04 bits per heavy atom. The zero-order valence-corrected chi connectivity index (χ0v) is 17.2. The molecule has 4 rings (SSSR count). The van der Waals surface area contributed by atoms with Crippen molar-refractivity contribution >= 4 is 32.3 Å². The Morgan fingerprint density at radius 3 is 2.71 bits per heavy atom. The van der Waals surface area contributed by atoms with Crippen LogP contribution in [0, 0.1) is 12.8 Å². The molecule has 3 aromatic rings. The lowest BCUT2D eigenvalue weighted by Gasteiger charge is -2.14. The zero-order valence-electron chi connectivity index (χ0n) is 15.6. The smallest absolute Gasteiger partial charge is 0.272 e. The van der Waals surface area contributed by atoms with Crippen molar-refractivity contribution < 1.29 is 13.2 Å². The summed E-state index contributed by atoms with van der Waals surface area (Å²) in [7, 11) is -3.41. The predicted molar refractivity (Wildman–Crippen MR) is 110 cm³/mol. The quantitative estimate of drug-likeness (QED) is 0.628. The number of H-pyrrole nitrogens is 2. The molecule has 0 bridgehead atoms. The molecule has 2 heterocycles. The number of fused-ring (bicyclic) bond motifs is 1. The minimum Gasteiger partial charge on any atom is -0.493 e. The van der Waals surface area contributed by atoms with Gasteiger partial charge in [0.15, 0.2) is 9.84 Å². The van der Waals surface area contributed by atoms with Gasteiger partial charge in [-0.2, -0.15) is 0 Å². The van der Waals surface area contributed by atoms with Crippen LogP contribution in [0.4, 0.5) is 0 Å². The molecule has 1 fully saturated rings. The van der Waals surface area contributed by atoms with E-state index in [1.165, 1.54) is 25.3 Å². The first kappa shape index (κ1) is 19.1. The van der Waals surface area contributed by atoms with Crippen molar-refractivity contribution in [2.75, 3.05) is 12.9 Å². The van der Waals surface area contributed by atoms with Crippen LogP contribution in [0.5, 0.6) is 5.75 Å². The third-order valence-corrected chi connectivity index (χ3v) is 6.52. The van der Waals surface area contributed by atoms with Crippen LogP contribution in [0.2, 0.25) is 5.02 Å². The molecular weight excluding hydrogens is 400 g/mol. The van der Waals surface area contributed by atoms with E-state index in [-0.39, 0.29) is 10.5 Å². The number of aromatic nitrogens is 2. The summed E-state index contributed by atoms with van der Waals surface area (Å²) in [6, 6.07) is 4.82. The van der Waals surface area contributed by atoms with Gasteiger partial charge in [-0.05, 0) is 37.5 Å². The highest BCUT2D eigenvalue weighted by Gasteiger charge is 2.23. The molecular formula is C20H21ClN2O4S. The topological polar surface area (TPSA) is 92.0 Å². The second-order valence-electron chi connectivity index (χ2n) is 7.35. The lowest BCUT2D eigenvalue weighted by atomic mass is 10.0. The Morgan fingerprint density at radius 1 is 1.29 bits per heavy atom. The molecule has 28 heavy (non-hydrogen) atoms. The fourth-order valence-electron chi connectivity index (χ4n) is 3.45. The number of nitrogens with one attached hydrogen (secondary N) is 2. The predicted octanol–water partition coefficient (Wildman–Crippen LogP) is 4.07.